The Morgan fingerprint density at radius 3 is 2.50 bits per heavy atom. The molecular weight excluding hydrogens is 308 g/mol. The van der Waals surface area contributed by atoms with Crippen molar-refractivity contribution in [3.8, 4) is 0 Å². The SMILES string of the molecule is CC(C)(C)NC(=O)[C@@H]1CC[C@H](CO)N1C(=O)OCc1ccccc1. The number of aliphatic hydroxyl groups is 1. The lowest BCUT2D eigenvalue weighted by molar-refractivity contribution is -0.127. The van der Waals surface area contributed by atoms with Crippen LogP contribution in [0, 0.1) is 0 Å². The monoisotopic (exact) mass is 334 g/mol. The Kier molecular flexibility index (Phi) is 5.83. The number of amides is 2. The van der Waals surface area contributed by atoms with E-state index in [2.05, 4.69) is 5.32 Å². The highest BCUT2D eigenvalue weighted by Gasteiger charge is 2.42. The molecule has 2 atom stereocenters. The Morgan fingerprint density at radius 2 is 1.92 bits per heavy atom. The molecular formula is C18H26N2O4. The Hall–Kier alpha value is -2.08. The van der Waals surface area contributed by atoms with Crippen molar-refractivity contribution in [2.24, 2.45) is 0 Å². The van der Waals surface area contributed by atoms with Crippen molar-refractivity contribution in [3.05, 3.63) is 35.9 Å². The van der Waals surface area contributed by atoms with E-state index in [-0.39, 0.29) is 30.7 Å². The van der Waals surface area contributed by atoms with Crippen LogP contribution in [0.3, 0.4) is 0 Å². The van der Waals surface area contributed by atoms with Crippen LogP contribution in [-0.4, -0.2) is 46.2 Å². The number of rotatable bonds is 4. The minimum absolute atomic E-state index is 0.141. The topological polar surface area (TPSA) is 78.9 Å². The van der Waals surface area contributed by atoms with Gasteiger partial charge in [0.2, 0.25) is 5.91 Å². The fraction of sp³-hybridized carbons (Fsp3) is 0.556. The number of nitrogens with zero attached hydrogens (tertiary/aromatic N) is 1. The van der Waals surface area contributed by atoms with E-state index in [0.717, 1.165) is 5.56 Å². The Morgan fingerprint density at radius 1 is 1.25 bits per heavy atom. The molecule has 24 heavy (non-hydrogen) atoms. The van der Waals surface area contributed by atoms with Crippen LogP contribution in [-0.2, 0) is 16.1 Å². The minimum atomic E-state index is -0.607. The van der Waals surface area contributed by atoms with Gasteiger partial charge < -0.3 is 15.2 Å². The molecule has 0 aliphatic carbocycles. The third-order valence-electron chi connectivity index (χ3n) is 3.93. The van der Waals surface area contributed by atoms with Crippen LogP contribution in [0.1, 0.15) is 39.2 Å². The average molecular weight is 334 g/mol. The summed E-state index contributed by atoms with van der Waals surface area (Å²) in [6.07, 6.45) is 0.539. The number of hydrogen-bond donors (Lipinski definition) is 2. The summed E-state index contributed by atoms with van der Waals surface area (Å²) < 4.78 is 5.35. The van der Waals surface area contributed by atoms with Gasteiger partial charge in [-0.2, -0.15) is 0 Å². The number of carbonyl (C=O) groups is 2. The van der Waals surface area contributed by atoms with Gasteiger partial charge in [0, 0.05) is 5.54 Å². The zero-order chi connectivity index (χ0) is 17.7. The van der Waals surface area contributed by atoms with E-state index in [0.29, 0.717) is 12.8 Å². The van der Waals surface area contributed by atoms with E-state index in [1.165, 1.54) is 4.90 Å². The molecule has 1 aromatic rings. The van der Waals surface area contributed by atoms with Crippen LogP contribution in [0.5, 0.6) is 0 Å². The summed E-state index contributed by atoms with van der Waals surface area (Å²) in [6.45, 7) is 5.63. The first-order valence-electron chi connectivity index (χ1n) is 8.23. The van der Waals surface area contributed by atoms with Gasteiger partial charge in [-0.1, -0.05) is 30.3 Å². The van der Waals surface area contributed by atoms with Crippen LogP contribution < -0.4 is 5.32 Å². The third kappa shape index (κ3) is 4.71. The van der Waals surface area contributed by atoms with E-state index in [1.807, 2.05) is 51.1 Å². The van der Waals surface area contributed by atoms with Crippen molar-refractivity contribution in [1.29, 1.82) is 0 Å². The molecule has 6 heteroatoms. The average Bonchev–Trinajstić information content (AvgIpc) is 2.96. The molecule has 2 N–H and O–H groups in total. The summed E-state index contributed by atoms with van der Waals surface area (Å²) in [6, 6.07) is 8.37. The standard InChI is InChI=1S/C18H26N2O4/c1-18(2,3)19-16(22)15-10-9-14(11-21)20(15)17(23)24-12-13-7-5-4-6-8-13/h4-8,14-15,21H,9-12H2,1-3H3,(H,19,22)/t14-,15+/m1/s1. The molecule has 0 spiro atoms. The molecule has 0 saturated carbocycles. The fourth-order valence-corrected chi connectivity index (χ4v) is 2.84. The maximum atomic E-state index is 12.5. The first kappa shape index (κ1) is 18.3. The van der Waals surface area contributed by atoms with E-state index >= 15 is 0 Å². The van der Waals surface area contributed by atoms with Gasteiger partial charge in [0.05, 0.1) is 12.6 Å². The first-order chi connectivity index (χ1) is 11.3. The summed E-state index contributed by atoms with van der Waals surface area (Å²) in [7, 11) is 0. The van der Waals surface area contributed by atoms with Gasteiger partial charge in [0.15, 0.2) is 0 Å². The number of ether oxygens (including phenoxy) is 1. The molecule has 6 nitrogen and oxygen atoms in total. The van der Waals surface area contributed by atoms with Gasteiger partial charge in [-0.3, -0.25) is 9.69 Å². The summed E-state index contributed by atoms with van der Waals surface area (Å²) in [5.74, 6) is -0.213. The Labute approximate surface area is 142 Å². The number of nitrogens with one attached hydrogen (secondary N) is 1. The highest BCUT2D eigenvalue weighted by Crippen LogP contribution is 2.26. The molecule has 1 aromatic carbocycles. The number of likely N-dealkylation sites (tertiary alicyclic amines) is 1. The lowest BCUT2D eigenvalue weighted by Crippen LogP contribution is -2.53. The van der Waals surface area contributed by atoms with Gasteiger partial charge in [0.1, 0.15) is 12.6 Å². The van der Waals surface area contributed by atoms with Crippen molar-refractivity contribution in [2.45, 2.75) is 57.8 Å². The maximum Gasteiger partial charge on any atom is 0.411 e. The van der Waals surface area contributed by atoms with Gasteiger partial charge in [0.25, 0.3) is 0 Å². The van der Waals surface area contributed by atoms with Crippen molar-refractivity contribution in [2.75, 3.05) is 6.61 Å². The minimum Gasteiger partial charge on any atom is -0.445 e. The Bertz CT molecular complexity index is 568. The van der Waals surface area contributed by atoms with Crippen LogP contribution in [0.25, 0.3) is 0 Å². The lowest BCUT2D eigenvalue weighted by atomic mass is 10.1. The second kappa shape index (κ2) is 7.66. The fourth-order valence-electron chi connectivity index (χ4n) is 2.84. The molecule has 2 amide bonds. The second-order valence-electron chi connectivity index (χ2n) is 7.12. The van der Waals surface area contributed by atoms with Crippen LogP contribution in [0.4, 0.5) is 4.79 Å². The number of aliphatic hydroxyl groups excluding tert-OH is 1. The second-order valence-corrected chi connectivity index (χ2v) is 7.12. The zero-order valence-electron chi connectivity index (χ0n) is 14.5. The van der Waals surface area contributed by atoms with Gasteiger partial charge in [-0.15, -0.1) is 0 Å². The summed E-state index contributed by atoms with van der Waals surface area (Å²) in [5.41, 5.74) is 0.495. The molecule has 1 fully saturated rings. The molecule has 0 unspecified atom stereocenters. The normalized spacial score (nSPS) is 20.8. The van der Waals surface area contributed by atoms with E-state index < -0.39 is 12.1 Å². The van der Waals surface area contributed by atoms with Crippen molar-refractivity contribution in [1.82, 2.24) is 10.2 Å². The molecule has 132 valence electrons. The number of carbonyl (C=O) groups excluding carboxylic acids is 2. The predicted octanol–water partition coefficient (Wildman–Crippen LogP) is 2.06. The quantitative estimate of drug-likeness (QED) is 0.883. The van der Waals surface area contributed by atoms with Crippen molar-refractivity contribution < 1.29 is 19.4 Å². The molecule has 1 aliphatic heterocycles. The maximum absolute atomic E-state index is 12.5. The van der Waals surface area contributed by atoms with Gasteiger partial charge >= 0.3 is 6.09 Å². The van der Waals surface area contributed by atoms with E-state index in [4.69, 9.17) is 4.74 Å². The molecule has 0 aromatic heterocycles. The highest BCUT2D eigenvalue weighted by molar-refractivity contribution is 5.86. The van der Waals surface area contributed by atoms with Gasteiger partial charge in [-0.25, -0.2) is 4.79 Å². The molecule has 1 heterocycles. The number of hydrogen-bond acceptors (Lipinski definition) is 4. The molecule has 2 rings (SSSR count). The summed E-state index contributed by atoms with van der Waals surface area (Å²) in [5, 5.41) is 12.4. The molecule has 1 aliphatic rings. The van der Waals surface area contributed by atoms with Crippen molar-refractivity contribution >= 4 is 12.0 Å². The Balaban J connectivity index is 2.04. The zero-order valence-corrected chi connectivity index (χ0v) is 14.5. The summed E-state index contributed by atoms with van der Waals surface area (Å²) in [4.78, 5) is 26.3. The summed E-state index contributed by atoms with van der Waals surface area (Å²) >= 11 is 0. The molecule has 0 bridgehead atoms. The smallest absolute Gasteiger partial charge is 0.411 e. The lowest BCUT2D eigenvalue weighted by Gasteiger charge is -2.30. The van der Waals surface area contributed by atoms with E-state index in [1.54, 1.807) is 0 Å². The van der Waals surface area contributed by atoms with Crippen LogP contribution in [0.2, 0.25) is 0 Å². The van der Waals surface area contributed by atoms with Crippen molar-refractivity contribution in [3.63, 3.8) is 0 Å². The third-order valence-corrected chi connectivity index (χ3v) is 3.93. The van der Waals surface area contributed by atoms with E-state index in [9.17, 15) is 14.7 Å². The highest BCUT2D eigenvalue weighted by atomic mass is 16.6. The van der Waals surface area contributed by atoms with Crippen LogP contribution in [0.15, 0.2) is 30.3 Å². The number of benzene rings is 1. The first-order valence-corrected chi connectivity index (χ1v) is 8.23. The van der Waals surface area contributed by atoms with Crippen LogP contribution >= 0.6 is 0 Å². The predicted molar refractivity (Wildman–Crippen MR) is 90.3 cm³/mol. The largest absolute Gasteiger partial charge is 0.445 e. The molecule has 1 saturated heterocycles. The molecule has 0 radical (unpaired) electrons. The van der Waals surface area contributed by atoms with Gasteiger partial charge in [-0.05, 0) is 39.2 Å².